The Kier molecular flexibility index (Phi) is 5.05. The number of halogens is 1. The lowest BCUT2D eigenvalue weighted by Gasteiger charge is -2.37. The Bertz CT molecular complexity index is 1080. The van der Waals surface area contributed by atoms with Gasteiger partial charge in [-0.2, -0.15) is 0 Å². The first kappa shape index (κ1) is 19.5. The normalized spacial score (nSPS) is 21.2. The van der Waals surface area contributed by atoms with E-state index in [0.717, 1.165) is 12.8 Å². The van der Waals surface area contributed by atoms with Gasteiger partial charge in [-0.25, -0.2) is 4.39 Å². The van der Waals surface area contributed by atoms with E-state index in [1.165, 1.54) is 12.1 Å². The van der Waals surface area contributed by atoms with Gasteiger partial charge in [-0.15, -0.1) is 10.2 Å². The van der Waals surface area contributed by atoms with Crippen LogP contribution in [0.3, 0.4) is 0 Å². The molecule has 0 spiro atoms. The number of benzene rings is 2. The molecule has 2 aliphatic rings. The molecule has 0 aliphatic carbocycles. The van der Waals surface area contributed by atoms with E-state index in [9.17, 15) is 9.18 Å². The van der Waals surface area contributed by atoms with Gasteiger partial charge in [0.25, 0.3) is 5.91 Å². The summed E-state index contributed by atoms with van der Waals surface area (Å²) in [7, 11) is 0. The van der Waals surface area contributed by atoms with Crippen LogP contribution in [0.25, 0.3) is 11.5 Å². The Morgan fingerprint density at radius 2 is 1.68 bits per heavy atom. The topological polar surface area (TPSA) is 77.7 Å². The highest BCUT2D eigenvalue weighted by Gasteiger charge is 2.38. The molecule has 0 bridgehead atoms. The summed E-state index contributed by atoms with van der Waals surface area (Å²) in [5.74, 6) is 1.86. The molecule has 31 heavy (non-hydrogen) atoms. The predicted octanol–water partition coefficient (Wildman–Crippen LogP) is 3.81. The van der Waals surface area contributed by atoms with Crippen LogP contribution in [0.1, 0.15) is 31.6 Å². The summed E-state index contributed by atoms with van der Waals surface area (Å²) >= 11 is 0. The largest absolute Gasteiger partial charge is 0.482 e. The van der Waals surface area contributed by atoms with E-state index in [0.29, 0.717) is 41.9 Å². The number of likely N-dealkylation sites (tertiary alicyclic amines) is 1. The molecule has 5 rings (SSSR count). The summed E-state index contributed by atoms with van der Waals surface area (Å²) in [6, 6.07) is 13.3. The number of rotatable bonds is 3. The van der Waals surface area contributed by atoms with Crippen LogP contribution in [0, 0.1) is 5.82 Å². The van der Waals surface area contributed by atoms with E-state index in [1.54, 1.807) is 12.1 Å². The van der Waals surface area contributed by atoms with E-state index >= 15 is 0 Å². The van der Waals surface area contributed by atoms with E-state index in [-0.39, 0.29) is 23.7 Å². The highest BCUT2D eigenvalue weighted by Crippen LogP contribution is 2.35. The molecule has 7 nitrogen and oxygen atoms in total. The molecule has 1 aromatic heterocycles. The lowest BCUT2D eigenvalue weighted by Crippen LogP contribution is -2.52. The fourth-order valence-corrected chi connectivity index (χ4v) is 4.03. The maximum absolute atomic E-state index is 13.1. The zero-order valence-electron chi connectivity index (χ0n) is 17.0. The summed E-state index contributed by atoms with van der Waals surface area (Å²) < 4.78 is 30.8. The van der Waals surface area contributed by atoms with Gasteiger partial charge in [-0.1, -0.05) is 12.1 Å². The highest BCUT2D eigenvalue weighted by atomic mass is 19.1. The number of aromatic nitrogens is 2. The van der Waals surface area contributed by atoms with Crippen molar-refractivity contribution in [2.75, 3.05) is 13.1 Å². The van der Waals surface area contributed by atoms with Gasteiger partial charge >= 0.3 is 0 Å². The zero-order chi connectivity index (χ0) is 21.4. The van der Waals surface area contributed by atoms with Gasteiger partial charge in [0.05, 0.1) is 0 Å². The number of hydrogen-bond donors (Lipinski definition) is 0. The molecule has 0 saturated carbocycles. The van der Waals surface area contributed by atoms with Crippen LogP contribution in [-0.4, -0.2) is 46.3 Å². The first-order chi connectivity index (χ1) is 15.1. The number of fused-ring (bicyclic) bond motifs is 1. The van der Waals surface area contributed by atoms with Crippen molar-refractivity contribution in [2.45, 2.75) is 37.9 Å². The minimum absolute atomic E-state index is 0.0713. The van der Waals surface area contributed by atoms with Crippen LogP contribution in [0.2, 0.25) is 0 Å². The molecule has 2 aromatic carbocycles. The lowest BCUT2D eigenvalue weighted by molar-refractivity contribution is -0.145. The second-order valence-corrected chi connectivity index (χ2v) is 7.86. The van der Waals surface area contributed by atoms with E-state index in [4.69, 9.17) is 13.9 Å². The average molecular weight is 423 g/mol. The third kappa shape index (κ3) is 3.85. The molecule has 3 aromatic rings. The zero-order valence-corrected chi connectivity index (χ0v) is 17.0. The number of para-hydroxylation sites is 2. The molecule has 2 aliphatic heterocycles. The number of piperidine rings is 1. The quantitative estimate of drug-likeness (QED) is 0.638. The van der Waals surface area contributed by atoms with Crippen molar-refractivity contribution in [3.63, 3.8) is 0 Å². The van der Waals surface area contributed by atoms with E-state index in [2.05, 4.69) is 10.2 Å². The lowest BCUT2D eigenvalue weighted by atomic mass is 9.96. The van der Waals surface area contributed by atoms with Crippen molar-refractivity contribution in [3.8, 4) is 23.0 Å². The fraction of sp³-hybridized carbons (Fsp3) is 0.348. The third-order valence-corrected chi connectivity index (χ3v) is 5.77. The number of ether oxygens (including phenoxy) is 2. The van der Waals surface area contributed by atoms with Gasteiger partial charge in [0.1, 0.15) is 11.9 Å². The number of amides is 1. The van der Waals surface area contributed by atoms with Gasteiger partial charge in [-0.05, 0) is 56.2 Å². The van der Waals surface area contributed by atoms with Crippen molar-refractivity contribution >= 4 is 5.91 Å². The molecular weight excluding hydrogens is 401 g/mol. The summed E-state index contributed by atoms with van der Waals surface area (Å²) in [6.07, 6.45) is 0.402. The molecular formula is C23H22FN3O4. The highest BCUT2D eigenvalue weighted by molar-refractivity contribution is 5.82. The van der Waals surface area contributed by atoms with Crippen molar-refractivity contribution in [1.29, 1.82) is 0 Å². The van der Waals surface area contributed by atoms with Crippen LogP contribution in [-0.2, 0) is 4.79 Å². The van der Waals surface area contributed by atoms with Gasteiger partial charge in [0, 0.05) is 24.6 Å². The minimum Gasteiger partial charge on any atom is -0.482 e. The van der Waals surface area contributed by atoms with E-state index in [1.807, 2.05) is 36.1 Å². The number of hydrogen-bond acceptors (Lipinski definition) is 6. The first-order valence-electron chi connectivity index (χ1n) is 10.4. The van der Waals surface area contributed by atoms with Crippen LogP contribution in [0.4, 0.5) is 4.39 Å². The summed E-state index contributed by atoms with van der Waals surface area (Å²) in [6.45, 7) is 3.00. The summed E-state index contributed by atoms with van der Waals surface area (Å²) in [5, 5.41) is 8.27. The van der Waals surface area contributed by atoms with E-state index < -0.39 is 6.10 Å². The second kappa shape index (κ2) is 8.02. The van der Waals surface area contributed by atoms with Crippen molar-refractivity contribution < 1.29 is 23.1 Å². The standard InChI is InChI=1S/C23H22FN3O4/c1-14-20(30-19-5-3-2-4-18(19)29-14)23(28)27-12-10-16(11-13-27)22-26-25-21(31-22)15-6-8-17(24)9-7-15/h2-9,14,16,20H,10-13H2,1H3. The third-order valence-electron chi connectivity index (χ3n) is 5.77. The van der Waals surface area contributed by atoms with Crippen LogP contribution < -0.4 is 9.47 Å². The van der Waals surface area contributed by atoms with Gasteiger partial charge in [0.2, 0.25) is 17.9 Å². The van der Waals surface area contributed by atoms with Crippen LogP contribution >= 0.6 is 0 Å². The number of carbonyl (C=O) groups is 1. The molecule has 0 N–H and O–H groups in total. The minimum atomic E-state index is -0.667. The summed E-state index contributed by atoms with van der Waals surface area (Å²) in [5.41, 5.74) is 0.677. The van der Waals surface area contributed by atoms with Crippen LogP contribution in [0.5, 0.6) is 11.5 Å². The smallest absolute Gasteiger partial charge is 0.267 e. The SMILES string of the molecule is CC1Oc2ccccc2OC1C(=O)N1CCC(c2nnc(-c3ccc(F)cc3)o2)CC1. The van der Waals surface area contributed by atoms with Crippen molar-refractivity contribution in [3.05, 3.63) is 60.2 Å². The summed E-state index contributed by atoms with van der Waals surface area (Å²) in [4.78, 5) is 14.9. The maximum atomic E-state index is 13.1. The molecule has 2 unspecified atom stereocenters. The Hall–Kier alpha value is -3.42. The van der Waals surface area contributed by atoms with Gasteiger partial charge in [-0.3, -0.25) is 4.79 Å². The number of nitrogens with zero attached hydrogens (tertiary/aromatic N) is 3. The number of carbonyl (C=O) groups excluding carboxylic acids is 1. The predicted molar refractivity (Wildman–Crippen MR) is 109 cm³/mol. The fourth-order valence-electron chi connectivity index (χ4n) is 4.03. The molecule has 0 radical (unpaired) electrons. The van der Waals surface area contributed by atoms with Crippen molar-refractivity contribution in [1.82, 2.24) is 15.1 Å². The molecule has 1 fully saturated rings. The van der Waals surface area contributed by atoms with Crippen molar-refractivity contribution in [2.24, 2.45) is 0 Å². The van der Waals surface area contributed by atoms with Gasteiger partial charge < -0.3 is 18.8 Å². The molecule has 3 heterocycles. The average Bonchev–Trinajstić information content (AvgIpc) is 3.29. The van der Waals surface area contributed by atoms with Gasteiger partial charge in [0.15, 0.2) is 11.5 Å². The first-order valence-corrected chi connectivity index (χ1v) is 10.4. The Morgan fingerprint density at radius 1 is 1.00 bits per heavy atom. The monoisotopic (exact) mass is 423 g/mol. The molecule has 8 heteroatoms. The van der Waals surface area contributed by atoms with Crippen LogP contribution in [0.15, 0.2) is 52.9 Å². The Morgan fingerprint density at radius 3 is 2.39 bits per heavy atom. The second-order valence-electron chi connectivity index (χ2n) is 7.86. The molecule has 1 amide bonds. The molecule has 2 atom stereocenters. The Balaban J connectivity index is 1.22. The molecule has 160 valence electrons. The molecule has 1 saturated heterocycles. The Labute approximate surface area is 178 Å². The maximum Gasteiger partial charge on any atom is 0.267 e.